The Kier molecular flexibility index (Phi) is 5.44. The fourth-order valence-electron chi connectivity index (χ4n) is 1.36. The summed E-state index contributed by atoms with van der Waals surface area (Å²) >= 11 is 0. The smallest absolute Gasteiger partial charge is 0.416 e. The summed E-state index contributed by atoms with van der Waals surface area (Å²) in [4.78, 5) is 10.9. The van der Waals surface area contributed by atoms with E-state index >= 15 is 0 Å². The number of carboxylic acids is 1. The van der Waals surface area contributed by atoms with E-state index in [1.54, 1.807) is 0 Å². The summed E-state index contributed by atoms with van der Waals surface area (Å²) in [6.45, 7) is 9.60. The predicted octanol–water partition coefficient (Wildman–Crippen LogP) is 3.49. The molecule has 0 saturated heterocycles. The molecule has 0 fully saturated rings. The third kappa shape index (κ3) is 3.94. The summed E-state index contributed by atoms with van der Waals surface area (Å²) in [6, 6.07) is 0. The van der Waals surface area contributed by atoms with Crippen LogP contribution in [0, 0.1) is 5.92 Å². The molecule has 0 radical (unpaired) electrons. The second-order valence-corrected chi connectivity index (χ2v) is 3.19. The van der Waals surface area contributed by atoms with Gasteiger partial charge in [0.25, 0.3) is 0 Å². The van der Waals surface area contributed by atoms with E-state index in [9.17, 15) is 18.0 Å². The summed E-state index contributed by atoms with van der Waals surface area (Å²) in [5.41, 5.74) is -1.48. The second-order valence-electron chi connectivity index (χ2n) is 3.19. The Bertz CT molecular complexity index is 364. The minimum atomic E-state index is -4.65. The number of allylic oxidation sites excluding steroid dienone is 4. The first kappa shape index (κ1) is 15.2. The number of rotatable bonds is 6. The van der Waals surface area contributed by atoms with Crippen LogP contribution in [0.25, 0.3) is 0 Å². The number of aliphatic carboxylic acids is 1. The summed E-state index contributed by atoms with van der Waals surface area (Å²) in [5, 5.41) is 8.88. The largest absolute Gasteiger partial charge is 0.481 e. The summed E-state index contributed by atoms with van der Waals surface area (Å²) < 4.78 is 37.9. The molecule has 17 heavy (non-hydrogen) atoms. The van der Waals surface area contributed by atoms with Gasteiger partial charge in [-0.15, -0.1) is 6.58 Å². The van der Waals surface area contributed by atoms with Crippen molar-refractivity contribution < 1.29 is 23.1 Å². The lowest BCUT2D eigenvalue weighted by Gasteiger charge is -2.17. The summed E-state index contributed by atoms with van der Waals surface area (Å²) in [7, 11) is 0. The molecule has 0 bridgehead atoms. The Hall–Kier alpha value is -1.78. The van der Waals surface area contributed by atoms with Crippen LogP contribution in [0.4, 0.5) is 13.2 Å². The minimum absolute atomic E-state index is 0.107. The second kappa shape index (κ2) is 6.08. The molecule has 0 spiro atoms. The van der Waals surface area contributed by atoms with Gasteiger partial charge in [-0.3, -0.25) is 4.79 Å². The minimum Gasteiger partial charge on any atom is -0.481 e. The van der Waals surface area contributed by atoms with Crippen molar-refractivity contribution in [3.05, 3.63) is 49.1 Å². The summed E-state index contributed by atoms with van der Waals surface area (Å²) in [5.74, 6) is -2.68. The van der Waals surface area contributed by atoms with Gasteiger partial charge in [0.05, 0.1) is 11.5 Å². The Morgan fingerprint density at radius 2 is 1.76 bits per heavy atom. The van der Waals surface area contributed by atoms with E-state index in [4.69, 9.17) is 5.11 Å². The van der Waals surface area contributed by atoms with Crippen molar-refractivity contribution in [1.82, 2.24) is 0 Å². The van der Waals surface area contributed by atoms with E-state index in [-0.39, 0.29) is 6.42 Å². The molecule has 0 heterocycles. The Balaban J connectivity index is 5.75. The molecule has 0 aliphatic carbocycles. The van der Waals surface area contributed by atoms with Crippen LogP contribution in [0.5, 0.6) is 0 Å². The third-order valence-electron chi connectivity index (χ3n) is 2.12. The molecule has 0 rings (SSSR count). The van der Waals surface area contributed by atoms with Gasteiger partial charge < -0.3 is 5.11 Å². The highest BCUT2D eigenvalue weighted by molar-refractivity contribution is 5.75. The highest BCUT2D eigenvalue weighted by Crippen LogP contribution is 2.33. The lowest BCUT2D eigenvalue weighted by atomic mass is 9.91. The molecule has 0 aliphatic heterocycles. The van der Waals surface area contributed by atoms with E-state index in [0.717, 1.165) is 6.08 Å². The predicted molar refractivity (Wildman–Crippen MR) is 59.4 cm³/mol. The lowest BCUT2D eigenvalue weighted by molar-refractivity contribution is -0.140. The maximum absolute atomic E-state index is 12.6. The zero-order valence-electron chi connectivity index (χ0n) is 9.13. The van der Waals surface area contributed by atoms with Gasteiger partial charge in [-0.25, -0.2) is 0 Å². The average Bonchev–Trinajstić information content (AvgIpc) is 2.20. The van der Waals surface area contributed by atoms with Crippen LogP contribution in [0.1, 0.15) is 6.42 Å². The fraction of sp³-hybridized carbons (Fsp3) is 0.250. The van der Waals surface area contributed by atoms with Crippen LogP contribution in [0.3, 0.4) is 0 Å². The van der Waals surface area contributed by atoms with Crippen LogP contribution in [0.15, 0.2) is 49.1 Å². The normalized spacial score (nSPS) is 14.5. The van der Waals surface area contributed by atoms with E-state index in [1.807, 2.05) is 0 Å². The Morgan fingerprint density at radius 3 is 2.00 bits per heavy atom. The van der Waals surface area contributed by atoms with E-state index in [0.29, 0.717) is 6.08 Å². The molecule has 1 atom stereocenters. The first-order valence-electron chi connectivity index (χ1n) is 4.69. The van der Waals surface area contributed by atoms with Crippen LogP contribution in [0.2, 0.25) is 0 Å². The first-order chi connectivity index (χ1) is 7.79. The highest BCUT2D eigenvalue weighted by Gasteiger charge is 2.36. The SMILES string of the molecule is C=CCC(C(=O)O)C(C=C)=C(C=C)C(F)(F)F. The van der Waals surface area contributed by atoms with Crippen molar-refractivity contribution in [3.63, 3.8) is 0 Å². The maximum Gasteiger partial charge on any atom is 0.416 e. The van der Waals surface area contributed by atoms with Gasteiger partial charge in [0.15, 0.2) is 0 Å². The zero-order valence-corrected chi connectivity index (χ0v) is 9.13. The van der Waals surface area contributed by atoms with Gasteiger partial charge in [0.2, 0.25) is 0 Å². The molecule has 2 nitrogen and oxygen atoms in total. The van der Waals surface area contributed by atoms with Gasteiger partial charge in [0.1, 0.15) is 0 Å². The molecule has 0 aromatic rings. The lowest BCUT2D eigenvalue weighted by Crippen LogP contribution is -2.21. The van der Waals surface area contributed by atoms with Crippen molar-refractivity contribution in [2.24, 2.45) is 5.92 Å². The van der Waals surface area contributed by atoms with Crippen molar-refractivity contribution in [2.75, 3.05) is 0 Å². The molecule has 1 N–H and O–H groups in total. The van der Waals surface area contributed by atoms with Crippen LogP contribution in [-0.4, -0.2) is 17.3 Å². The van der Waals surface area contributed by atoms with Crippen LogP contribution < -0.4 is 0 Å². The van der Waals surface area contributed by atoms with Crippen molar-refractivity contribution in [3.8, 4) is 0 Å². The first-order valence-corrected chi connectivity index (χ1v) is 4.69. The zero-order chi connectivity index (χ0) is 13.6. The van der Waals surface area contributed by atoms with Crippen LogP contribution >= 0.6 is 0 Å². The highest BCUT2D eigenvalue weighted by atomic mass is 19.4. The van der Waals surface area contributed by atoms with E-state index in [1.165, 1.54) is 6.08 Å². The van der Waals surface area contributed by atoms with Crippen molar-refractivity contribution in [1.29, 1.82) is 0 Å². The maximum atomic E-state index is 12.6. The molecule has 94 valence electrons. The standard InChI is InChI=1S/C12H13F3O2/c1-4-7-9(11(16)17)8(5-2)10(6-3)12(13,14)15/h4-6,9H,1-3,7H2,(H,16,17). The van der Waals surface area contributed by atoms with Gasteiger partial charge in [0, 0.05) is 0 Å². The van der Waals surface area contributed by atoms with E-state index < -0.39 is 29.2 Å². The fourth-order valence-corrected chi connectivity index (χ4v) is 1.36. The quantitative estimate of drug-likeness (QED) is 0.575. The molecule has 5 heteroatoms. The summed E-state index contributed by atoms with van der Waals surface area (Å²) in [6.07, 6.45) is -2.02. The topological polar surface area (TPSA) is 37.3 Å². The third-order valence-corrected chi connectivity index (χ3v) is 2.12. The van der Waals surface area contributed by atoms with Crippen LogP contribution in [-0.2, 0) is 4.79 Å². The monoisotopic (exact) mass is 246 g/mol. The van der Waals surface area contributed by atoms with Gasteiger partial charge >= 0.3 is 12.1 Å². The molecule has 0 aliphatic rings. The van der Waals surface area contributed by atoms with Crippen molar-refractivity contribution in [2.45, 2.75) is 12.6 Å². The Morgan fingerprint density at radius 1 is 1.24 bits per heavy atom. The van der Waals surface area contributed by atoms with Crippen molar-refractivity contribution >= 4 is 5.97 Å². The Labute approximate surface area is 97.4 Å². The molecular weight excluding hydrogens is 233 g/mol. The van der Waals surface area contributed by atoms with E-state index in [2.05, 4.69) is 19.7 Å². The number of hydrogen-bond donors (Lipinski definition) is 1. The number of hydrogen-bond acceptors (Lipinski definition) is 1. The van der Waals surface area contributed by atoms with Gasteiger partial charge in [-0.1, -0.05) is 31.4 Å². The molecule has 0 aromatic heterocycles. The van der Waals surface area contributed by atoms with Gasteiger partial charge in [-0.2, -0.15) is 13.2 Å². The van der Waals surface area contributed by atoms with Gasteiger partial charge in [-0.05, 0) is 12.0 Å². The molecule has 1 unspecified atom stereocenters. The molecule has 0 aromatic carbocycles. The average molecular weight is 246 g/mol. The molecule has 0 amide bonds. The molecule has 0 saturated carbocycles. The number of carboxylic acid groups (broad SMARTS) is 1. The number of carbonyl (C=O) groups is 1. The molecular formula is C12H13F3O2. The number of halogens is 3. The number of alkyl halides is 3.